The number of amides is 1. The number of piperidine rings is 1. The summed E-state index contributed by atoms with van der Waals surface area (Å²) in [5.74, 6) is -0.566. The summed E-state index contributed by atoms with van der Waals surface area (Å²) in [6, 6.07) is 0. The lowest BCUT2D eigenvalue weighted by Crippen LogP contribution is -2.37. The molecule has 5 heteroatoms. The van der Waals surface area contributed by atoms with Crippen molar-refractivity contribution in [2.75, 3.05) is 19.6 Å². The second kappa shape index (κ2) is 3.95. The first-order valence-corrected chi connectivity index (χ1v) is 6.80. The molecule has 0 aromatic heterocycles. The quantitative estimate of drug-likeness (QED) is 0.675. The maximum Gasteiger partial charge on any atom is 0.311 e. The van der Waals surface area contributed by atoms with Crippen LogP contribution < -0.4 is 10.6 Å². The Morgan fingerprint density at radius 3 is 2.44 bits per heavy atom. The standard InChI is InChI=1S/C13H20N2O3/c16-10(15-8-13(1-2-13)11(17)18)9-7-12(9)3-5-14-6-4-12/h9,14H,1-8H2,(H,15,16)(H,17,18). The number of nitrogens with one attached hydrogen (secondary N) is 2. The molecule has 2 aliphatic carbocycles. The van der Waals surface area contributed by atoms with Gasteiger partial charge in [-0.3, -0.25) is 9.59 Å². The fourth-order valence-electron chi connectivity index (χ4n) is 3.19. The molecule has 18 heavy (non-hydrogen) atoms. The Balaban J connectivity index is 1.50. The monoisotopic (exact) mass is 252 g/mol. The highest BCUT2D eigenvalue weighted by Gasteiger charge is 2.58. The smallest absolute Gasteiger partial charge is 0.311 e. The van der Waals surface area contributed by atoms with Crippen molar-refractivity contribution in [3.05, 3.63) is 0 Å². The number of rotatable bonds is 4. The number of aliphatic carboxylic acids is 1. The Labute approximate surface area is 106 Å². The van der Waals surface area contributed by atoms with E-state index in [0.717, 1.165) is 32.4 Å². The highest BCUT2D eigenvalue weighted by molar-refractivity contribution is 5.84. The maximum atomic E-state index is 12.1. The largest absolute Gasteiger partial charge is 0.481 e. The molecule has 1 aliphatic heterocycles. The molecule has 1 saturated heterocycles. The van der Waals surface area contributed by atoms with Crippen LogP contribution in [-0.2, 0) is 9.59 Å². The van der Waals surface area contributed by atoms with Crippen molar-refractivity contribution in [1.29, 1.82) is 0 Å². The number of carboxylic acids is 1. The van der Waals surface area contributed by atoms with Gasteiger partial charge in [0.2, 0.25) is 5.91 Å². The summed E-state index contributed by atoms with van der Waals surface area (Å²) < 4.78 is 0. The molecule has 5 nitrogen and oxygen atoms in total. The van der Waals surface area contributed by atoms with E-state index in [1.165, 1.54) is 0 Å². The van der Waals surface area contributed by atoms with E-state index in [0.29, 0.717) is 19.4 Å². The minimum Gasteiger partial charge on any atom is -0.481 e. The van der Waals surface area contributed by atoms with Crippen LogP contribution >= 0.6 is 0 Å². The second-order valence-electron chi connectivity index (χ2n) is 6.17. The van der Waals surface area contributed by atoms with Crippen LogP contribution in [0.5, 0.6) is 0 Å². The van der Waals surface area contributed by atoms with E-state index < -0.39 is 11.4 Å². The number of carboxylic acid groups (broad SMARTS) is 1. The molecule has 2 saturated carbocycles. The number of carbonyl (C=O) groups excluding carboxylic acids is 1. The number of carbonyl (C=O) groups is 2. The lowest BCUT2D eigenvalue weighted by Gasteiger charge is -2.23. The first-order valence-electron chi connectivity index (χ1n) is 6.80. The molecule has 1 unspecified atom stereocenters. The van der Waals surface area contributed by atoms with Crippen molar-refractivity contribution < 1.29 is 14.7 Å². The normalized spacial score (nSPS) is 30.8. The molecular weight excluding hydrogens is 232 g/mol. The van der Waals surface area contributed by atoms with Gasteiger partial charge in [-0.15, -0.1) is 0 Å². The van der Waals surface area contributed by atoms with E-state index in [-0.39, 0.29) is 17.2 Å². The fourth-order valence-corrected chi connectivity index (χ4v) is 3.19. The van der Waals surface area contributed by atoms with Crippen LogP contribution in [-0.4, -0.2) is 36.6 Å². The lowest BCUT2D eigenvalue weighted by molar-refractivity contribution is -0.143. The zero-order chi connectivity index (χ0) is 12.8. The molecule has 1 amide bonds. The fraction of sp³-hybridized carbons (Fsp3) is 0.846. The van der Waals surface area contributed by atoms with Crippen LogP contribution in [0.2, 0.25) is 0 Å². The zero-order valence-corrected chi connectivity index (χ0v) is 10.5. The summed E-state index contributed by atoms with van der Waals surface area (Å²) >= 11 is 0. The third-order valence-corrected chi connectivity index (χ3v) is 5.01. The summed E-state index contributed by atoms with van der Waals surface area (Å²) in [7, 11) is 0. The predicted molar refractivity (Wildman–Crippen MR) is 65.0 cm³/mol. The third-order valence-electron chi connectivity index (χ3n) is 5.01. The van der Waals surface area contributed by atoms with Gasteiger partial charge in [0, 0.05) is 12.5 Å². The van der Waals surface area contributed by atoms with Gasteiger partial charge in [-0.2, -0.15) is 0 Å². The molecule has 3 rings (SSSR count). The van der Waals surface area contributed by atoms with Gasteiger partial charge in [0.1, 0.15) is 0 Å². The van der Waals surface area contributed by atoms with Crippen LogP contribution in [0.3, 0.4) is 0 Å². The molecule has 0 aromatic carbocycles. The number of hydrogen-bond acceptors (Lipinski definition) is 3. The molecular formula is C13H20N2O3. The van der Waals surface area contributed by atoms with Gasteiger partial charge in [0.05, 0.1) is 5.41 Å². The highest BCUT2D eigenvalue weighted by atomic mass is 16.4. The molecule has 1 atom stereocenters. The molecule has 3 fully saturated rings. The molecule has 1 spiro atoms. The van der Waals surface area contributed by atoms with Gasteiger partial charge in [0.15, 0.2) is 0 Å². The van der Waals surface area contributed by atoms with E-state index >= 15 is 0 Å². The van der Waals surface area contributed by atoms with Gasteiger partial charge in [-0.25, -0.2) is 0 Å². The average molecular weight is 252 g/mol. The summed E-state index contributed by atoms with van der Waals surface area (Å²) in [4.78, 5) is 23.1. The van der Waals surface area contributed by atoms with E-state index in [1.54, 1.807) is 0 Å². The van der Waals surface area contributed by atoms with Crippen LogP contribution in [0, 0.1) is 16.7 Å². The van der Waals surface area contributed by atoms with Gasteiger partial charge in [-0.1, -0.05) is 0 Å². The first-order chi connectivity index (χ1) is 8.58. The van der Waals surface area contributed by atoms with Gasteiger partial charge >= 0.3 is 5.97 Å². The minimum absolute atomic E-state index is 0.0735. The Morgan fingerprint density at radius 1 is 1.22 bits per heavy atom. The van der Waals surface area contributed by atoms with Crippen molar-refractivity contribution in [2.45, 2.75) is 32.1 Å². The van der Waals surface area contributed by atoms with Crippen molar-refractivity contribution >= 4 is 11.9 Å². The highest BCUT2D eigenvalue weighted by Crippen LogP contribution is 2.58. The van der Waals surface area contributed by atoms with E-state index in [4.69, 9.17) is 5.11 Å². The van der Waals surface area contributed by atoms with Crippen LogP contribution in [0.1, 0.15) is 32.1 Å². The van der Waals surface area contributed by atoms with E-state index in [9.17, 15) is 9.59 Å². The number of hydrogen-bond donors (Lipinski definition) is 3. The summed E-state index contributed by atoms with van der Waals surface area (Å²) in [5, 5.41) is 15.2. The SMILES string of the molecule is O=C(NCC1(C(=O)O)CC1)C1CC12CCNCC2. The van der Waals surface area contributed by atoms with Crippen molar-refractivity contribution in [3.63, 3.8) is 0 Å². The van der Waals surface area contributed by atoms with Crippen LogP contribution in [0.4, 0.5) is 0 Å². The van der Waals surface area contributed by atoms with Crippen LogP contribution in [0.15, 0.2) is 0 Å². The zero-order valence-electron chi connectivity index (χ0n) is 10.5. The summed E-state index contributed by atoms with van der Waals surface area (Å²) in [6.07, 6.45) is 4.54. The van der Waals surface area contributed by atoms with Crippen molar-refractivity contribution in [1.82, 2.24) is 10.6 Å². The molecule has 0 bridgehead atoms. The molecule has 100 valence electrons. The topological polar surface area (TPSA) is 78.4 Å². The van der Waals surface area contributed by atoms with Gasteiger partial charge < -0.3 is 15.7 Å². The Hall–Kier alpha value is -1.10. The van der Waals surface area contributed by atoms with E-state index in [1.807, 2.05) is 0 Å². The minimum atomic E-state index is -0.768. The summed E-state index contributed by atoms with van der Waals surface area (Å²) in [6.45, 7) is 2.32. The molecule has 0 radical (unpaired) electrons. The molecule has 0 aromatic rings. The second-order valence-corrected chi connectivity index (χ2v) is 6.17. The van der Waals surface area contributed by atoms with Crippen LogP contribution in [0.25, 0.3) is 0 Å². The third kappa shape index (κ3) is 1.90. The van der Waals surface area contributed by atoms with Crippen molar-refractivity contribution in [3.8, 4) is 0 Å². The molecule has 3 N–H and O–H groups in total. The Kier molecular flexibility index (Phi) is 2.62. The first kappa shape index (κ1) is 12.0. The molecule has 3 aliphatic rings. The average Bonchev–Trinajstić information content (AvgIpc) is 3.25. The maximum absolute atomic E-state index is 12.1. The van der Waals surface area contributed by atoms with Crippen molar-refractivity contribution in [2.24, 2.45) is 16.7 Å². The lowest BCUT2D eigenvalue weighted by atomic mass is 9.91. The predicted octanol–water partition coefficient (Wildman–Crippen LogP) is 0.357. The van der Waals surface area contributed by atoms with Gasteiger partial charge in [0.25, 0.3) is 0 Å². The Bertz CT molecular complexity index is 384. The van der Waals surface area contributed by atoms with Gasteiger partial charge in [-0.05, 0) is 50.6 Å². The Morgan fingerprint density at radius 2 is 1.89 bits per heavy atom. The van der Waals surface area contributed by atoms with E-state index in [2.05, 4.69) is 10.6 Å². The molecule has 1 heterocycles. The summed E-state index contributed by atoms with van der Waals surface area (Å²) in [5.41, 5.74) is -0.416.